The summed E-state index contributed by atoms with van der Waals surface area (Å²) in [7, 11) is 0. The van der Waals surface area contributed by atoms with Crippen molar-refractivity contribution < 1.29 is 4.79 Å². The van der Waals surface area contributed by atoms with Crippen molar-refractivity contribution in [2.45, 2.75) is 57.7 Å². The van der Waals surface area contributed by atoms with Crippen molar-refractivity contribution in [1.29, 1.82) is 0 Å². The molecule has 0 unspecified atom stereocenters. The number of carbonyl (C=O) groups excluding carboxylic acids is 1. The molecule has 0 bridgehead atoms. The molecule has 2 aromatic heterocycles. The first-order valence-electron chi connectivity index (χ1n) is 10.4. The monoisotopic (exact) mass is 408 g/mol. The van der Waals surface area contributed by atoms with Gasteiger partial charge in [-0.2, -0.15) is 0 Å². The molecule has 29 heavy (non-hydrogen) atoms. The van der Waals surface area contributed by atoms with Crippen LogP contribution in [0.5, 0.6) is 0 Å². The number of carbonyl (C=O) groups is 1. The molecule has 1 aliphatic carbocycles. The topological polar surface area (TPSA) is 59.8 Å². The molecule has 0 saturated heterocycles. The highest BCUT2D eigenvalue weighted by molar-refractivity contribution is 7.99. The molecule has 0 radical (unpaired) electrons. The Kier molecular flexibility index (Phi) is 6.19. The van der Waals surface area contributed by atoms with Crippen molar-refractivity contribution >= 4 is 34.5 Å². The van der Waals surface area contributed by atoms with Gasteiger partial charge in [0.25, 0.3) is 0 Å². The Morgan fingerprint density at radius 2 is 2.00 bits per heavy atom. The van der Waals surface area contributed by atoms with Crippen molar-refractivity contribution in [3.05, 3.63) is 53.5 Å². The number of nitrogens with zero attached hydrogens (tertiary/aromatic N) is 3. The number of imidazole rings is 1. The smallest absolute Gasteiger partial charge is 0.234 e. The lowest BCUT2D eigenvalue weighted by atomic mass is 9.95. The van der Waals surface area contributed by atoms with Gasteiger partial charge in [0.15, 0.2) is 5.65 Å². The summed E-state index contributed by atoms with van der Waals surface area (Å²) in [5.74, 6) is 2.19. The van der Waals surface area contributed by atoms with Gasteiger partial charge in [-0.3, -0.25) is 4.79 Å². The fourth-order valence-corrected chi connectivity index (χ4v) is 4.80. The Labute approximate surface area is 176 Å². The lowest BCUT2D eigenvalue weighted by Crippen LogP contribution is -2.17. The van der Waals surface area contributed by atoms with Crippen LogP contribution in [-0.2, 0) is 10.5 Å². The van der Waals surface area contributed by atoms with E-state index in [4.69, 9.17) is 4.98 Å². The summed E-state index contributed by atoms with van der Waals surface area (Å²) in [6, 6.07) is 10.5. The van der Waals surface area contributed by atoms with Crippen LogP contribution in [0.25, 0.3) is 11.2 Å². The Bertz CT molecular complexity index is 1010. The van der Waals surface area contributed by atoms with E-state index in [1.54, 1.807) is 11.8 Å². The van der Waals surface area contributed by atoms with Crippen molar-refractivity contribution in [3.63, 3.8) is 0 Å². The van der Waals surface area contributed by atoms with E-state index in [0.717, 1.165) is 22.7 Å². The van der Waals surface area contributed by atoms with E-state index < -0.39 is 0 Å². The number of rotatable bonds is 6. The van der Waals surface area contributed by atoms with Crippen LogP contribution in [-0.4, -0.2) is 26.2 Å². The number of pyridine rings is 1. The molecule has 2 heterocycles. The summed E-state index contributed by atoms with van der Waals surface area (Å²) < 4.78 is 2.34. The summed E-state index contributed by atoms with van der Waals surface area (Å²) in [4.78, 5) is 21.8. The van der Waals surface area contributed by atoms with Crippen molar-refractivity contribution in [1.82, 2.24) is 14.5 Å². The Hall–Kier alpha value is -2.34. The van der Waals surface area contributed by atoms with Gasteiger partial charge in [0.05, 0.1) is 11.5 Å². The Morgan fingerprint density at radius 3 is 2.79 bits per heavy atom. The fourth-order valence-electron chi connectivity index (χ4n) is 4.05. The highest BCUT2D eigenvalue weighted by Crippen LogP contribution is 2.32. The minimum atomic E-state index is 0.0247. The van der Waals surface area contributed by atoms with Gasteiger partial charge in [0, 0.05) is 17.9 Å². The van der Waals surface area contributed by atoms with Crippen LogP contribution in [0.4, 0.5) is 5.69 Å². The highest BCUT2D eigenvalue weighted by atomic mass is 32.2. The zero-order valence-electron chi connectivity index (χ0n) is 17.1. The quantitative estimate of drug-likeness (QED) is 0.591. The number of nitrogens with one attached hydrogen (secondary N) is 1. The molecular formula is C23H28N4OS. The van der Waals surface area contributed by atoms with Gasteiger partial charge in [-0.05, 0) is 62.1 Å². The van der Waals surface area contributed by atoms with Crippen LogP contribution in [0.15, 0.2) is 36.5 Å². The number of hydrogen-bond donors (Lipinski definition) is 1. The molecule has 0 atom stereocenters. The molecule has 1 aromatic carbocycles. The predicted molar refractivity (Wildman–Crippen MR) is 120 cm³/mol. The molecule has 3 aromatic rings. The summed E-state index contributed by atoms with van der Waals surface area (Å²) in [5, 5.41) is 3.00. The number of benzene rings is 1. The zero-order chi connectivity index (χ0) is 20.2. The molecule has 4 rings (SSSR count). The van der Waals surface area contributed by atoms with E-state index in [1.165, 1.54) is 43.2 Å². The van der Waals surface area contributed by atoms with Crippen LogP contribution in [0.3, 0.4) is 0 Å². The van der Waals surface area contributed by atoms with Crippen molar-refractivity contribution in [2.24, 2.45) is 0 Å². The first-order chi connectivity index (χ1) is 14.1. The normalized spacial score (nSPS) is 15.0. The average molecular weight is 409 g/mol. The molecule has 1 amide bonds. The first kappa shape index (κ1) is 20.0. The third-order valence-corrected chi connectivity index (χ3v) is 6.65. The number of fused-ring (bicyclic) bond motifs is 1. The zero-order valence-corrected chi connectivity index (χ0v) is 18.0. The number of hydrogen-bond acceptors (Lipinski definition) is 4. The minimum Gasteiger partial charge on any atom is -0.325 e. The molecule has 1 fully saturated rings. The van der Waals surface area contributed by atoms with Crippen molar-refractivity contribution in [2.75, 3.05) is 11.1 Å². The molecule has 1 N–H and O–H groups in total. The molecular weight excluding hydrogens is 380 g/mol. The summed E-state index contributed by atoms with van der Waals surface area (Å²) >= 11 is 1.61. The third kappa shape index (κ3) is 4.64. The largest absolute Gasteiger partial charge is 0.325 e. The summed E-state index contributed by atoms with van der Waals surface area (Å²) in [6.07, 6.45) is 8.07. The molecule has 5 nitrogen and oxygen atoms in total. The molecule has 1 aliphatic rings. The Morgan fingerprint density at radius 1 is 1.17 bits per heavy atom. The first-order valence-corrected chi connectivity index (χ1v) is 11.5. The number of thioether (sulfide) groups is 1. The number of amides is 1. The molecule has 0 aliphatic heterocycles. The maximum atomic E-state index is 12.4. The van der Waals surface area contributed by atoms with Gasteiger partial charge in [-0.25, -0.2) is 9.97 Å². The van der Waals surface area contributed by atoms with Crippen LogP contribution in [0.2, 0.25) is 0 Å². The maximum absolute atomic E-state index is 12.4. The van der Waals surface area contributed by atoms with Crippen LogP contribution >= 0.6 is 11.8 Å². The minimum absolute atomic E-state index is 0.0247. The molecule has 1 saturated carbocycles. The second kappa shape index (κ2) is 8.99. The maximum Gasteiger partial charge on any atom is 0.234 e. The van der Waals surface area contributed by atoms with Crippen molar-refractivity contribution in [3.8, 4) is 0 Å². The number of aromatic nitrogens is 3. The van der Waals surface area contributed by atoms with Gasteiger partial charge < -0.3 is 9.88 Å². The van der Waals surface area contributed by atoms with Gasteiger partial charge >= 0.3 is 0 Å². The van der Waals surface area contributed by atoms with E-state index in [-0.39, 0.29) is 5.91 Å². The van der Waals surface area contributed by atoms with E-state index in [9.17, 15) is 4.79 Å². The highest BCUT2D eigenvalue weighted by Gasteiger charge is 2.22. The average Bonchev–Trinajstić information content (AvgIpc) is 3.09. The van der Waals surface area contributed by atoms with Crippen LogP contribution in [0, 0.1) is 13.8 Å². The van der Waals surface area contributed by atoms with E-state index >= 15 is 0 Å². The number of aryl methyl sites for hydroxylation is 2. The van der Waals surface area contributed by atoms with E-state index in [1.807, 2.05) is 36.5 Å². The molecule has 0 spiro atoms. The van der Waals surface area contributed by atoms with Crippen LogP contribution in [0.1, 0.15) is 55.1 Å². The van der Waals surface area contributed by atoms with Gasteiger partial charge in [-0.1, -0.05) is 25.3 Å². The Balaban J connectivity index is 1.42. The molecule has 152 valence electrons. The standard InChI is InChI=1S/C23H28N4OS/c1-16-10-11-18(13-17(16)2)25-22(28)15-29-14-21-26-20-9-6-12-24-23(20)27(21)19-7-4-3-5-8-19/h6,9-13,19H,3-5,7-8,14-15H2,1-2H3,(H,25,28). The second-order valence-electron chi connectivity index (χ2n) is 7.88. The van der Waals surface area contributed by atoms with Crippen LogP contribution < -0.4 is 5.32 Å². The lowest BCUT2D eigenvalue weighted by Gasteiger charge is -2.25. The third-order valence-electron chi connectivity index (χ3n) is 5.72. The number of anilines is 1. The lowest BCUT2D eigenvalue weighted by molar-refractivity contribution is -0.113. The second-order valence-corrected chi connectivity index (χ2v) is 8.86. The summed E-state index contributed by atoms with van der Waals surface area (Å²) in [5.41, 5.74) is 5.21. The predicted octanol–water partition coefficient (Wildman–Crippen LogP) is 5.43. The van der Waals surface area contributed by atoms with E-state index in [2.05, 4.69) is 28.7 Å². The SMILES string of the molecule is Cc1ccc(NC(=O)CSCc2nc3cccnc3n2C2CCCCC2)cc1C. The van der Waals surface area contributed by atoms with Gasteiger partial charge in [0.2, 0.25) is 5.91 Å². The van der Waals surface area contributed by atoms with Gasteiger partial charge in [-0.15, -0.1) is 11.8 Å². The van der Waals surface area contributed by atoms with Gasteiger partial charge in [0.1, 0.15) is 11.3 Å². The van der Waals surface area contributed by atoms with E-state index in [0.29, 0.717) is 17.5 Å². The fraction of sp³-hybridized carbons (Fsp3) is 0.435. The summed E-state index contributed by atoms with van der Waals surface area (Å²) in [6.45, 7) is 4.13. The molecule has 6 heteroatoms.